The van der Waals surface area contributed by atoms with Crippen LogP contribution in [-0.2, 0) is 15.2 Å². The van der Waals surface area contributed by atoms with E-state index >= 15 is 0 Å². The first kappa shape index (κ1) is 14.7. The average molecular weight is 298 g/mol. The second-order valence-corrected chi connectivity index (χ2v) is 5.21. The van der Waals surface area contributed by atoms with Crippen molar-refractivity contribution in [2.45, 2.75) is 11.8 Å². The Morgan fingerprint density at radius 1 is 1.18 bits per heavy atom. The second-order valence-electron chi connectivity index (χ2n) is 5.21. The molecule has 2 unspecified atom stereocenters. The molecule has 0 saturated heterocycles. The van der Waals surface area contributed by atoms with Crippen molar-refractivity contribution < 1.29 is 14.3 Å². The number of fused-ring (bicyclic) bond motifs is 1. The van der Waals surface area contributed by atoms with E-state index < -0.39 is 11.8 Å². The third-order valence-electron chi connectivity index (χ3n) is 4.25. The molecule has 22 heavy (non-hydrogen) atoms. The van der Waals surface area contributed by atoms with E-state index in [1.54, 1.807) is 38.6 Å². The van der Waals surface area contributed by atoms with Gasteiger partial charge < -0.3 is 14.4 Å². The quantitative estimate of drug-likeness (QED) is 0.873. The molecular weight excluding hydrogens is 280 g/mol. The molecular formula is C17H18N2O3. The molecule has 1 aromatic heterocycles. The van der Waals surface area contributed by atoms with Crippen LogP contribution in [0.5, 0.6) is 0 Å². The van der Waals surface area contributed by atoms with Crippen LogP contribution in [0.4, 0.5) is 0 Å². The number of aromatic nitrogens is 1. The van der Waals surface area contributed by atoms with Gasteiger partial charge in [-0.05, 0) is 17.7 Å². The van der Waals surface area contributed by atoms with Gasteiger partial charge in [-0.1, -0.05) is 24.3 Å². The number of ether oxygens (including phenoxy) is 2. The number of amides is 1. The number of hydrogen-bond acceptors (Lipinski definition) is 4. The zero-order chi connectivity index (χ0) is 15.7. The van der Waals surface area contributed by atoms with Gasteiger partial charge in [-0.2, -0.15) is 0 Å². The van der Waals surface area contributed by atoms with E-state index in [-0.39, 0.29) is 5.91 Å². The SMILES string of the molecule is COC1c2ccccc2C(=O)N(C)C1(OC)c1cccnc1. The van der Waals surface area contributed by atoms with Gasteiger partial charge in [0.05, 0.1) is 0 Å². The number of nitrogens with zero attached hydrogens (tertiary/aromatic N) is 2. The molecule has 0 spiro atoms. The predicted molar refractivity (Wildman–Crippen MR) is 81.2 cm³/mol. The topological polar surface area (TPSA) is 51.7 Å². The van der Waals surface area contributed by atoms with Gasteiger partial charge in [-0.15, -0.1) is 0 Å². The maximum atomic E-state index is 12.8. The molecule has 0 aliphatic carbocycles. The van der Waals surface area contributed by atoms with Crippen molar-refractivity contribution in [1.29, 1.82) is 0 Å². The summed E-state index contributed by atoms with van der Waals surface area (Å²) in [5.74, 6) is -0.102. The Morgan fingerprint density at radius 3 is 2.59 bits per heavy atom. The minimum absolute atomic E-state index is 0.102. The van der Waals surface area contributed by atoms with Gasteiger partial charge in [-0.25, -0.2) is 0 Å². The molecule has 114 valence electrons. The van der Waals surface area contributed by atoms with Gasteiger partial charge in [0.1, 0.15) is 6.10 Å². The first-order valence-electron chi connectivity index (χ1n) is 7.02. The van der Waals surface area contributed by atoms with Crippen LogP contribution < -0.4 is 0 Å². The van der Waals surface area contributed by atoms with E-state index in [2.05, 4.69) is 4.98 Å². The monoisotopic (exact) mass is 298 g/mol. The van der Waals surface area contributed by atoms with Crippen LogP contribution >= 0.6 is 0 Å². The Balaban J connectivity index is 2.28. The van der Waals surface area contributed by atoms with Crippen molar-refractivity contribution in [3.63, 3.8) is 0 Å². The van der Waals surface area contributed by atoms with Crippen molar-refractivity contribution in [2.24, 2.45) is 0 Å². The lowest BCUT2D eigenvalue weighted by Gasteiger charge is -2.48. The van der Waals surface area contributed by atoms with Crippen LogP contribution in [0.3, 0.4) is 0 Å². The highest BCUT2D eigenvalue weighted by molar-refractivity contribution is 5.97. The van der Waals surface area contributed by atoms with E-state index in [0.29, 0.717) is 5.56 Å². The number of carbonyl (C=O) groups is 1. The Labute approximate surface area is 129 Å². The van der Waals surface area contributed by atoms with Crippen LogP contribution in [0.2, 0.25) is 0 Å². The number of benzene rings is 1. The van der Waals surface area contributed by atoms with E-state index in [1.807, 2.05) is 36.4 Å². The molecule has 0 bridgehead atoms. The normalized spacial score (nSPS) is 24.2. The number of pyridine rings is 1. The van der Waals surface area contributed by atoms with Gasteiger partial charge >= 0.3 is 0 Å². The number of carbonyl (C=O) groups excluding carboxylic acids is 1. The fourth-order valence-electron chi connectivity index (χ4n) is 3.21. The van der Waals surface area contributed by atoms with E-state index in [0.717, 1.165) is 11.1 Å². The Bertz CT molecular complexity index is 689. The molecule has 1 aliphatic heterocycles. The predicted octanol–water partition coefficient (Wildman–Crippen LogP) is 2.35. The Hall–Kier alpha value is -2.24. The lowest BCUT2D eigenvalue weighted by Crippen LogP contribution is -2.56. The smallest absolute Gasteiger partial charge is 0.256 e. The largest absolute Gasteiger partial charge is 0.371 e. The van der Waals surface area contributed by atoms with Gasteiger partial charge in [0.25, 0.3) is 5.91 Å². The minimum Gasteiger partial charge on any atom is -0.371 e. The summed E-state index contributed by atoms with van der Waals surface area (Å²) in [5.41, 5.74) is 1.18. The highest BCUT2D eigenvalue weighted by Crippen LogP contribution is 2.47. The summed E-state index contributed by atoms with van der Waals surface area (Å²) in [5, 5.41) is 0. The summed E-state index contributed by atoms with van der Waals surface area (Å²) in [6, 6.07) is 11.2. The second kappa shape index (κ2) is 5.51. The van der Waals surface area contributed by atoms with Crippen molar-refractivity contribution in [3.05, 3.63) is 65.5 Å². The van der Waals surface area contributed by atoms with E-state index in [4.69, 9.17) is 9.47 Å². The van der Waals surface area contributed by atoms with Gasteiger partial charge in [0.15, 0.2) is 0 Å². The Kier molecular flexibility index (Phi) is 3.68. The molecule has 1 aliphatic rings. The first-order valence-corrected chi connectivity index (χ1v) is 7.02. The maximum absolute atomic E-state index is 12.8. The molecule has 0 saturated carbocycles. The fourth-order valence-corrected chi connectivity index (χ4v) is 3.21. The lowest BCUT2D eigenvalue weighted by molar-refractivity contribution is -0.200. The summed E-state index contributed by atoms with van der Waals surface area (Å²) in [4.78, 5) is 18.5. The van der Waals surface area contributed by atoms with Gasteiger partial charge in [-0.3, -0.25) is 9.78 Å². The molecule has 0 fully saturated rings. The molecule has 3 rings (SSSR count). The molecule has 5 nitrogen and oxygen atoms in total. The minimum atomic E-state index is -1.05. The maximum Gasteiger partial charge on any atom is 0.256 e. The summed E-state index contributed by atoms with van der Waals surface area (Å²) < 4.78 is 11.6. The highest BCUT2D eigenvalue weighted by atomic mass is 16.6. The third-order valence-corrected chi connectivity index (χ3v) is 4.25. The van der Waals surface area contributed by atoms with Crippen molar-refractivity contribution in [3.8, 4) is 0 Å². The van der Waals surface area contributed by atoms with Crippen LogP contribution in [0.1, 0.15) is 27.6 Å². The summed E-state index contributed by atoms with van der Waals surface area (Å²) in [7, 11) is 4.92. The van der Waals surface area contributed by atoms with Gasteiger partial charge in [0.2, 0.25) is 5.72 Å². The van der Waals surface area contributed by atoms with Crippen molar-refractivity contribution in [2.75, 3.05) is 21.3 Å². The van der Waals surface area contributed by atoms with Crippen molar-refractivity contribution in [1.82, 2.24) is 9.88 Å². The molecule has 1 amide bonds. The number of hydrogen-bond donors (Lipinski definition) is 0. The number of methoxy groups -OCH3 is 2. The fraction of sp³-hybridized carbons (Fsp3) is 0.294. The molecule has 0 N–H and O–H groups in total. The van der Waals surface area contributed by atoms with Crippen LogP contribution in [0.15, 0.2) is 48.8 Å². The number of rotatable bonds is 3. The van der Waals surface area contributed by atoms with Gasteiger partial charge in [0, 0.05) is 44.8 Å². The zero-order valence-electron chi connectivity index (χ0n) is 12.8. The highest BCUT2D eigenvalue weighted by Gasteiger charge is 2.52. The van der Waals surface area contributed by atoms with Crippen molar-refractivity contribution >= 4 is 5.91 Å². The summed E-state index contributed by atoms with van der Waals surface area (Å²) in [6.07, 6.45) is 2.95. The zero-order valence-corrected chi connectivity index (χ0v) is 12.8. The number of likely N-dealkylation sites (N-methyl/N-ethyl adjacent to an activating group) is 1. The lowest BCUT2D eigenvalue weighted by atomic mass is 9.84. The van der Waals surface area contributed by atoms with E-state index in [1.165, 1.54) is 0 Å². The molecule has 5 heteroatoms. The molecule has 2 atom stereocenters. The Morgan fingerprint density at radius 2 is 1.95 bits per heavy atom. The molecule has 2 aromatic rings. The molecule has 2 heterocycles. The third kappa shape index (κ3) is 1.86. The van der Waals surface area contributed by atoms with Crippen LogP contribution in [0, 0.1) is 0 Å². The van der Waals surface area contributed by atoms with Crippen LogP contribution in [-0.4, -0.2) is 37.1 Å². The van der Waals surface area contributed by atoms with Crippen LogP contribution in [0.25, 0.3) is 0 Å². The molecule has 0 radical (unpaired) electrons. The summed E-state index contributed by atoms with van der Waals surface area (Å²) in [6.45, 7) is 0. The molecule has 1 aromatic carbocycles. The average Bonchev–Trinajstić information content (AvgIpc) is 2.59. The first-order chi connectivity index (χ1) is 10.7. The standard InChI is InChI=1S/C17H18N2O3/c1-19-16(20)14-9-5-4-8-13(14)15(21-2)17(19,22-3)12-7-6-10-18-11-12/h4-11,15H,1-3H3. The summed E-state index contributed by atoms with van der Waals surface area (Å²) >= 11 is 0. The van der Waals surface area contributed by atoms with E-state index in [9.17, 15) is 4.79 Å².